The highest BCUT2D eigenvalue weighted by Crippen LogP contribution is 2.18. The second-order valence-corrected chi connectivity index (χ2v) is 6.95. The number of aryl methyl sites for hydroxylation is 1. The van der Waals surface area contributed by atoms with Crippen LogP contribution in [0.1, 0.15) is 31.0 Å². The number of hydrogen-bond donors (Lipinski definition) is 0. The molecule has 0 N–H and O–H groups in total. The van der Waals surface area contributed by atoms with Gasteiger partial charge in [0.25, 0.3) is 5.91 Å². The molecule has 0 bridgehead atoms. The first kappa shape index (κ1) is 19.3. The summed E-state index contributed by atoms with van der Waals surface area (Å²) < 4.78 is 5.63. The number of benzene rings is 1. The summed E-state index contributed by atoms with van der Waals surface area (Å²) in [6, 6.07) is 10.8. The molecule has 0 radical (unpaired) electrons. The van der Waals surface area contributed by atoms with E-state index in [1.807, 2.05) is 24.9 Å². The lowest BCUT2D eigenvalue weighted by molar-refractivity contribution is -0.135. The number of likely N-dealkylation sites (tertiary alicyclic amines) is 1. The zero-order chi connectivity index (χ0) is 19.1. The molecular formula is C21H28N4O2. The maximum Gasteiger partial charge on any atom is 0.260 e. The molecule has 27 heavy (non-hydrogen) atoms. The predicted molar refractivity (Wildman–Crippen MR) is 104 cm³/mol. The molecule has 6 heteroatoms. The smallest absolute Gasteiger partial charge is 0.260 e. The standard InChI is InChI=1S/C21H28N4O2/c1-3-19-21(23-12-11-22-19)27-16-20(26)24(2)18-9-13-25(14-10-18)15-17-7-5-4-6-8-17/h4-8,11-12,18H,3,9-10,13-16H2,1-2H3. The third-order valence-electron chi connectivity index (χ3n) is 5.15. The lowest BCUT2D eigenvalue weighted by Gasteiger charge is -2.36. The largest absolute Gasteiger partial charge is 0.466 e. The van der Waals surface area contributed by atoms with Crippen LogP contribution in [0.15, 0.2) is 42.7 Å². The monoisotopic (exact) mass is 368 g/mol. The first-order valence-corrected chi connectivity index (χ1v) is 9.62. The number of carbonyl (C=O) groups is 1. The normalized spacial score (nSPS) is 15.5. The Balaban J connectivity index is 1.45. The molecule has 0 spiro atoms. The van der Waals surface area contributed by atoms with Gasteiger partial charge in [-0.15, -0.1) is 0 Å². The van der Waals surface area contributed by atoms with Gasteiger partial charge in [0.05, 0.1) is 0 Å². The van der Waals surface area contributed by atoms with Gasteiger partial charge in [-0.05, 0) is 24.8 Å². The van der Waals surface area contributed by atoms with Crippen LogP contribution < -0.4 is 4.74 Å². The molecule has 0 unspecified atom stereocenters. The van der Waals surface area contributed by atoms with Crippen molar-refractivity contribution in [2.24, 2.45) is 0 Å². The highest BCUT2D eigenvalue weighted by molar-refractivity contribution is 5.77. The van der Waals surface area contributed by atoms with Crippen molar-refractivity contribution in [2.45, 2.75) is 38.8 Å². The number of likely N-dealkylation sites (N-methyl/N-ethyl adjacent to an activating group) is 1. The van der Waals surface area contributed by atoms with Crippen molar-refractivity contribution in [2.75, 3.05) is 26.7 Å². The van der Waals surface area contributed by atoms with Gasteiger partial charge in [0.2, 0.25) is 5.88 Å². The van der Waals surface area contributed by atoms with Crippen LogP contribution in [0.4, 0.5) is 0 Å². The molecule has 1 aliphatic heterocycles. The summed E-state index contributed by atoms with van der Waals surface area (Å²) in [6.07, 6.45) is 5.93. The van der Waals surface area contributed by atoms with E-state index in [2.05, 4.69) is 39.1 Å². The average molecular weight is 368 g/mol. The summed E-state index contributed by atoms with van der Waals surface area (Å²) in [4.78, 5) is 25.2. The van der Waals surface area contributed by atoms with Gasteiger partial charge < -0.3 is 9.64 Å². The fraction of sp³-hybridized carbons (Fsp3) is 0.476. The zero-order valence-corrected chi connectivity index (χ0v) is 16.2. The lowest BCUT2D eigenvalue weighted by Crippen LogP contribution is -2.46. The molecule has 1 amide bonds. The molecule has 1 aliphatic rings. The summed E-state index contributed by atoms with van der Waals surface area (Å²) in [7, 11) is 1.88. The van der Waals surface area contributed by atoms with Gasteiger partial charge in [-0.3, -0.25) is 14.7 Å². The van der Waals surface area contributed by atoms with E-state index in [0.29, 0.717) is 5.88 Å². The summed E-state index contributed by atoms with van der Waals surface area (Å²) in [6.45, 7) is 4.98. The van der Waals surface area contributed by atoms with Crippen molar-refractivity contribution < 1.29 is 9.53 Å². The molecule has 144 valence electrons. The Morgan fingerprint density at radius 2 is 1.89 bits per heavy atom. The fourth-order valence-corrected chi connectivity index (χ4v) is 3.46. The van der Waals surface area contributed by atoms with Gasteiger partial charge in [-0.2, -0.15) is 0 Å². The van der Waals surface area contributed by atoms with Crippen molar-refractivity contribution in [1.29, 1.82) is 0 Å². The Hall–Kier alpha value is -2.47. The van der Waals surface area contributed by atoms with Gasteiger partial charge in [-0.25, -0.2) is 4.98 Å². The SMILES string of the molecule is CCc1nccnc1OCC(=O)N(C)C1CCN(Cc2ccccc2)CC1. The molecule has 1 aromatic carbocycles. The summed E-state index contributed by atoms with van der Waals surface area (Å²) >= 11 is 0. The molecule has 2 aromatic rings. The average Bonchev–Trinajstić information content (AvgIpc) is 2.73. The van der Waals surface area contributed by atoms with Crippen LogP contribution in [-0.4, -0.2) is 58.5 Å². The first-order chi connectivity index (χ1) is 13.2. The van der Waals surface area contributed by atoms with E-state index in [1.165, 1.54) is 5.56 Å². The number of aromatic nitrogens is 2. The highest BCUT2D eigenvalue weighted by Gasteiger charge is 2.25. The molecule has 0 aliphatic carbocycles. The number of piperidine rings is 1. The van der Waals surface area contributed by atoms with Crippen molar-refractivity contribution in [3.05, 3.63) is 54.0 Å². The van der Waals surface area contributed by atoms with Crippen LogP contribution >= 0.6 is 0 Å². The zero-order valence-electron chi connectivity index (χ0n) is 16.2. The lowest BCUT2D eigenvalue weighted by atomic mass is 10.0. The summed E-state index contributed by atoms with van der Waals surface area (Å²) in [5.41, 5.74) is 2.12. The number of hydrogen-bond acceptors (Lipinski definition) is 5. The Morgan fingerprint density at radius 1 is 1.19 bits per heavy atom. The van der Waals surface area contributed by atoms with Gasteiger partial charge >= 0.3 is 0 Å². The Bertz CT molecular complexity index is 730. The molecule has 3 rings (SSSR count). The molecule has 2 heterocycles. The molecule has 0 saturated carbocycles. The van der Waals surface area contributed by atoms with Crippen LogP contribution in [0.3, 0.4) is 0 Å². The van der Waals surface area contributed by atoms with Gasteiger partial charge in [0.1, 0.15) is 5.69 Å². The quantitative estimate of drug-likeness (QED) is 0.752. The first-order valence-electron chi connectivity index (χ1n) is 9.62. The van der Waals surface area contributed by atoms with E-state index < -0.39 is 0 Å². The second kappa shape index (κ2) is 9.46. The summed E-state index contributed by atoms with van der Waals surface area (Å²) in [5, 5.41) is 0. The maximum absolute atomic E-state index is 12.5. The van der Waals surface area contributed by atoms with E-state index in [4.69, 9.17) is 4.74 Å². The topological polar surface area (TPSA) is 58.6 Å². The minimum absolute atomic E-state index is 0.00637. The number of amides is 1. The van der Waals surface area contributed by atoms with E-state index in [-0.39, 0.29) is 18.6 Å². The highest BCUT2D eigenvalue weighted by atomic mass is 16.5. The summed E-state index contributed by atoms with van der Waals surface area (Å²) in [5.74, 6) is 0.448. The molecule has 1 saturated heterocycles. The Labute approximate surface area is 161 Å². The van der Waals surface area contributed by atoms with E-state index in [9.17, 15) is 4.79 Å². The third-order valence-corrected chi connectivity index (χ3v) is 5.15. The molecule has 6 nitrogen and oxygen atoms in total. The van der Waals surface area contributed by atoms with E-state index >= 15 is 0 Å². The van der Waals surface area contributed by atoms with Crippen LogP contribution in [0, 0.1) is 0 Å². The van der Waals surface area contributed by atoms with Gasteiger partial charge in [-0.1, -0.05) is 37.3 Å². The van der Waals surface area contributed by atoms with Crippen LogP contribution in [0.2, 0.25) is 0 Å². The van der Waals surface area contributed by atoms with Gasteiger partial charge in [0.15, 0.2) is 6.61 Å². The predicted octanol–water partition coefficient (Wildman–Crippen LogP) is 2.54. The van der Waals surface area contributed by atoms with Crippen LogP contribution in [-0.2, 0) is 17.8 Å². The minimum atomic E-state index is -0.00999. The van der Waals surface area contributed by atoms with E-state index in [1.54, 1.807) is 12.4 Å². The van der Waals surface area contributed by atoms with Crippen molar-refractivity contribution in [3.8, 4) is 5.88 Å². The molecular weight excluding hydrogens is 340 g/mol. The fourth-order valence-electron chi connectivity index (χ4n) is 3.46. The molecule has 0 atom stereocenters. The Morgan fingerprint density at radius 3 is 2.59 bits per heavy atom. The van der Waals surface area contributed by atoms with Gasteiger partial charge in [0, 0.05) is 45.1 Å². The van der Waals surface area contributed by atoms with Crippen LogP contribution in [0.25, 0.3) is 0 Å². The van der Waals surface area contributed by atoms with Crippen molar-refractivity contribution in [3.63, 3.8) is 0 Å². The van der Waals surface area contributed by atoms with Crippen molar-refractivity contribution in [1.82, 2.24) is 19.8 Å². The number of ether oxygens (including phenoxy) is 1. The maximum atomic E-state index is 12.5. The second-order valence-electron chi connectivity index (χ2n) is 6.95. The van der Waals surface area contributed by atoms with Crippen LogP contribution in [0.5, 0.6) is 5.88 Å². The molecule has 1 aromatic heterocycles. The molecule has 1 fully saturated rings. The number of carbonyl (C=O) groups excluding carboxylic acids is 1. The number of rotatable bonds is 7. The van der Waals surface area contributed by atoms with Crippen molar-refractivity contribution >= 4 is 5.91 Å². The third kappa shape index (κ3) is 5.26. The van der Waals surface area contributed by atoms with E-state index in [0.717, 1.165) is 44.6 Å². The Kier molecular flexibility index (Phi) is 6.76. The number of nitrogens with zero attached hydrogens (tertiary/aromatic N) is 4. The minimum Gasteiger partial charge on any atom is -0.466 e.